The summed E-state index contributed by atoms with van der Waals surface area (Å²) in [6.45, 7) is 0. The zero-order chi connectivity index (χ0) is 16.6. The molecule has 116 valence electrons. The molecule has 0 unspecified atom stereocenters. The van der Waals surface area contributed by atoms with Crippen LogP contribution in [0.15, 0.2) is 48.5 Å². The maximum absolute atomic E-state index is 12.6. The van der Waals surface area contributed by atoms with Crippen LogP contribution in [-0.2, 0) is 0 Å². The predicted octanol–water partition coefficient (Wildman–Crippen LogP) is 4.75. The summed E-state index contributed by atoms with van der Waals surface area (Å²) in [5, 5.41) is 2.07. The number of esters is 1. The number of hydrogen-bond acceptors (Lipinski definition) is 2. The quantitative estimate of drug-likeness (QED) is 0.190. The van der Waals surface area contributed by atoms with Crippen LogP contribution in [0.25, 0.3) is 10.8 Å². The van der Waals surface area contributed by atoms with Crippen molar-refractivity contribution in [3.8, 4) is 5.75 Å². The van der Waals surface area contributed by atoms with Crippen LogP contribution in [0.3, 0.4) is 0 Å². The highest BCUT2D eigenvalue weighted by Gasteiger charge is 2.20. The number of halogens is 3. The van der Waals surface area contributed by atoms with Gasteiger partial charge in [-0.3, -0.25) is 0 Å². The molecular weight excluding hydrogens is 631 g/mol. The third kappa shape index (κ3) is 3.49. The van der Waals surface area contributed by atoms with Gasteiger partial charge in [-0.05, 0) is 97.4 Å². The lowest BCUT2D eigenvalue weighted by molar-refractivity contribution is -0.253. The van der Waals surface area contributed by atoms with Crippen LogP contribution >= 0.6 is 67.8 Å². The van der Waals surface area contributed by atoms with Crippen LogP contribution in [0.4, 0.5) is 5.69 Å². The molecule has 0 bridgehead atoms. The number of rotatable bonds is 2. The maximum atomic E-state index is 12.6. The number of carbonyl (C=O) groups is 1. The molecule has 0 amide bonds. The lowest BCUT2D eigenvalue weighted by atomic mass is 10.1. The zero-order valence-electron chi connectivity index (χ0n) is 11.8. The predicted molar refractivity (Wildman–Crippen MR) is 116 cm³/mol. The Morgan fingerprint density at radius 3 is 2.39 bits per heavy atom. The molecule has 0 atom stereocenters. The van der Waals surface area contributed by atoms with E-state index in [1.165, 1.54) is 0 Å². The minimum Gasteiger partial charge on any atom is -0.416 e. The Morgan fingerprint density at radius 2 is 1.61 bits per heavy atom. The summed E-state index contributed by atoms with van der Waals surface area (Å²) in [5.74, 6) is 0.150. The lowest BCUT2D eigenvalue weighted by Crippen LogP contribution is -2.41. The number of benzene rings is 3. The topological polar surface area (TPSA) is 53.9 Å². The fourth-order valence-corrected chi connectivity index (χ4v) is 4.60. The highest BCUT2D eigenvalue weighted by atomic mass is 127. The number of hydrogen-bond donors (Lipinski definition) is 1. The minimum atomic E-state index is -0.350. The van der Waals surface area contributed by atoms with Crippen molar-refractivity contribution in [2.45, 2.75) is 0 Å². The van der Waals surface area contributed by atoms with E-state index in [4.69, 9.17) is 4.74 Å². The van der Waals surface area contributed by atoms with Crippen LogP contribution in [-0.4, -0.2) is 5.97 Å². The van der Waals surface area contributed by atoms with Gasteiger partial charge in [0.05, 0.1) is 5.56 Å². The first kappa shape index (κ1) is 17.4. The second kappa shape index (κ2) is 7.19. The average molecular weight is 642 g/mol. The molecule has 3 aromatic carbocycles. The number of fused-ring (bicyclic) bond motifs is 1. The number of ether oxygens (including phenoxy) is 1. The largest absolute Gasteiger partial charge is 0.416 e. The van der Waals surface area contributed by atoms with Crippen molar-refractivity contribution in [3.63, 3.8) is 0 Å². The lowest BCUT2D eigenvalue weighted by Gasteiger charge is -2.10. The second-order valence-corrected chi connectivity index (χ2v) is 8.27. The van der Waals surface area contributed by atoms with Gasteiger partial charge in [0, 0.05) is 16.1 Å². The molecule has 0 aliphatic heterocycles. The van der Waals surface area contributed by atoms with E-state index in [0.717, 1.165) is 27.2 Å². The molecule has 6 heteroatoms. The Balaban J connectivity index is 2.01. The molecule has 3 rings (SSSR count). The Labute approximate surface area is 174 Å². The van der Waals surface area contributed by atoms with Gasteiger partial charge in [-0.2, -0.15) is 0 Å². The summed E-state index contributed by atoms with van der Waals surface area (Å²) in [4.78, 5) is 12.6. The molecule has 0 heterocycles. The molecule has 0 aliphatic rings. The van der Waals surface area contributed by atoms with Crippen molar-refractivity contribution >= 4 is 90.2 Å². The Morgan fingerprint density at radius 1 is 0.913 bits per heavy atom. The molecule has 0 radical (unpaired) electrons. The molecule has 23 heavy (non-hydrogen) atoms. The van der Waals surface area contributed by atoms with E-state index < -0.39 is 0 Å². The Hall–Kier alpha value is -0.460. The molecule has 3 aromatic rings. The second-order valence-electron chi connectivity index (χ2n) is 4.87. The standard InChI is InChI=1S/C17H10I3NO2/c18-11-6-7-12(19)15(20)14(11)17(22)23-13-8-5-9-3-1-2-4-10(9)16(13)21/h1-8H,21H2/p+1. The molecule has 0 spiro atoms. The first-order valence-corrected chi connectivity index (χ1v) is 9.92. The van der Waals surface area contributed by atoms with Gasteiger partial charge in [-0.1, -0.05) is 24.3 Å². The molecule has 3 N–H and O–H groups in total. The van der Waals surface area contributed by atoms with E-state index in [2.05, 4.69) is 73.5 Å². The van der Waals surface area contributed by atoms with Crippen LogP contribution in [0, 0.1) is 10.7 Å². The third-order valence-electron chi connectivity index (χ3n) is 3.45. The Kier molecular flexibility index (Phi) is 5.43. The van der Waals surface area contributed by atoms with Gasteiger partial charge in [0.15, 0.2) is 11.4 Å². The van der Waals surface area contributed by atoms with Crippen LogP contribution < -0.4 is 10.5 Å². The molecule has 0 aromatic heterocycles. The van der Waals surface area contributed by atoms with Crippen molar-refractivity contribution in [2.24, 2.45) is 0 Å². The SMILES string of the molecule is [NH3+]c1c(OC(=O)c2c(I)ccc(I)c2I)ccc2ccccc12. The average Bonchev–Trinajstić information content (AvgIpc) is 2.54. The summed E-state index contributed by atoms with van der Waals surface area (Å²) >= 11 is 6.56. The van der Waals surface area contributed by atoms with E-state index in [9.17, 15) is 4.79 Å². The molecule has 0 aliphatic carbocycles. The van der Waals surface area contributed by atoms with Crippen molar-refractivity contribution in [3.05, 3.63) is 64.8 Å². The first-order valence-electron chi connectivity index (χ1n) is 6.68. The molecular formula is C17H11I3NO2+. The molecule has 0 saturated heterocycles. The normalized spacial score (nSPS) is 10.8. The van der Waals surface area contributed by atoms with Crippen LogP contribution in [0.2, 0.25) is 0 Å². The van der Waals surface area contributed by atoms with Crippen LogP contribution in [0.5, 0.6) is 5.75 Å². The van der Waals surface area contributed by atoms with Gasteiger partial charge in [0.2, 0.25) is 0 Å². The summed E-state index contributed by atoms with van der Waals surface area (Å²) in [6, 6.07) is 15.6. The van der Waals surface area contributed by atoms with Gasteiger partial charge in [-0.15, -0.1) is 0 Å². The van der Waals surface area contributed by atoms with Crippen molar-refractivity contribution in [1.82, 2.24) is 0 Å². The monoisotopic (exact) mass is 642 g/mol. The van der Waals surface area contributed by atoms with E-state index in [1.807, 2.05) is 42.5 Å². The maximum Gasteiger partial charge on any atom is 0.345 e. The van der Waals surface area contributed by atoms with Crippen molar-refractivity contribution in [2.75, 3.05) is 0 Å². The first-order chi connectivity index (χ1) is 11.0. The van der Waals surface area contributed by atoms with Gasteiger partial charge in [0.25, 0.3) is 0 Å². The number of quaternary nitrogens is 1. The van der Waals surface area contributed by atoms with Gasteiger partial charge in [0.1, 0.15) is 0 Å². The number of carbonyl (C=O) groups excluding carboxylic acids is 1. The molecule has 0 fully saturated rings. The van der Waals surface area contributed by atoms with E-state index in [0.29, 0.717) is 11.3 Å². The summed E-state index contributed by atoms with van der Waals surface area (Å²) in [5.41, 5.74) is 5.41. The van der Waals surface area contributed by atoms with Crippen molar-refractivity contribution < 1.29 is 15.3 Å². The molecule has 3 nitrogen and oxygen atoms in total. The van der Waals surface area contributed by atoms with Gasteiger partial charge < -0.3 is 10.5 Å². The van der Waals surface area contributed by atoms with Crippen molar-refractivity contribution in [1.29, 1.82) is 0 Å². The van der Waals surface area contributed by atoms with Crippen LogP contribution in [0.1, 0.15) is 10.4 Å². The molecule has 0 saturated carbocycles. The smallest absolute Gasteiger partial charge is 0.345 e. The summed E-state index contributed by atoms with van der Waals surface area (Å²) in [7, 11) is 0. The Bertz CT molecular complexity index is 925. The van der Waals surface area contributed by atoms with E-state index in [1.54, 1.807) is 6.07 Å². The summed E-state index contributed by atoms with van der Waals surface area (Å²) in [6.07, 6.45) is 0. The van der Waals surface area contributed by atoms with E-state index in [-0.39, 0.29) is 5.97 Å². The minimum absolute atomic E-state index is 0.350. The van der Waals surface area contributed by atoms with Gasteiger partial charge in [-0.25, -0.2) is 4.79 Å². The fourth-order valence-electron chi connectivity index (χ4n) is 2.28. The summed E-state index contributed by atoms with van der Waals surface area (Å²) < 4.78 is 8.46. The fraction of sp³-hybridized carbons (Fsp3) is 0. The third-order valence-corrected chi connectivity index (χ3v) is 7.40. The zero-order valence-corrected chi connectivity index (χ0v) is 18.2. The van der Waals surface area contributed by atoms with E-state index >= 15 is 0 Å². The van der Waals surface area contributed by atoms with Gasteiger partial charge >= 0.3 is 5.97 Å². The highest BCUT2D eigenvalue weighted by Crippen LogP contribution is 2.31. The highest BCUT2D eigenvalue weighted by molar-refractivity contribution is 14.1.